The molecule has 78 valence electrons. The van der Waals surface area contributed by atoms with E-state index >= 15 is 0 Å². The minimum absolute atomic E-state index is 0.0336. The second-order valence-electron chi connectivity index (χ2n) is 3.34. The molecule has 0 radical (unpaired) electrons. The van der Waals surface area contributed by atoms with Crippen LogP contribution >= 0.6 is 0 Å². The van der Waals surface area contributed by atoms with E-state index in [-0.39, 0.29) is 5.91 Å². The van der Waals surface area contributed by atoms with Gasteiger partial charge in [-0.15, -0.1) is 0 Å². The third-order valence-electron chi connectivity index (χ3n) is 2.13. The van der Waals surface area contributed by atoms with Crippen LogP contribution in [0.4, 0.5) is 0 Å². The normalized spacial score (nSPS) is 12.5. The van der Waals surface area contributed by atoms with Gasteiger partial charge >= 0.3 is 0 Å². The van der Waals surface area contributed by atoms with E-state index in [1.165, 1.54) is 0 Å². The average molecular weight is 196 g/mol. The van der Waals surface area contributed by atoms with Crippen LogP contribution in [0.2, 0.25) is 0 Å². The second kappa shape index (κ2) is 4.81. The van der Waals surface area contributed by atoms with Gasteiger partial charge in [0.2, 0.25) is 5.91 Å². The van der Waals surface area contributed by atoms with Crippen LogP contribution in [0.25, 0.3) is 0 Å². The van der Waals surface area contributed by atoms with Gasteiger partial charge in [-0.1, -0.05) is 6.92 Å². The zero-order valence-electron chi connectivity index (χ0n) is 8.56. The number of hydrogen-bond acceptors (Lipinski definition) is 3. The summed E-state index contributed by atoms with van der Waals surface area (Å²) in [6.45, 7) is 2.44. The first-order valence-electron chi connectivity index (χ1n) is 4.66. The number of rotatable bonds is 4. The monoisotopic (exact) mass is 196 g/mol. The number of nitrogens with two attached hydrogens (primary N) is 1. The molecule has 1 heterocycles. The lowest BCUT2D eigenvalue weighted by Gasteiger charge is -2.19. The average Bonchev–Trinajstić information content (AvgIpc) is 2.68. The number of hydrogen-bond donors (Lipinski definition) is 1. The highest BCUT2D eigenvalue weighted by Crippen LogP contribution is 2.05. The molecular formula is C10H16N2O2. The van der Waals surface area contributed by atoms with Crippen molar-refractivity contribution in [3.8, 4) is 0 Å². The summed E-state index contributed by atoms with van der Waals surface area (Å²) < 4.78 is 4.91. The molecule has 0 aliphatic heterocycles. The third kappa shape index (κ3) is 2.60. The fourth-order valence-corrected chi connectivity index (χ4v) is 1.19. The summed E-state index contributed by atoms with van der Waals surface area (Å²) in [5.74, 6) is -0.0336. The predicted molar refractivity (Wildman–Crippen MR) is 53.4 cm³/mol. The van der Waals surface area contributed by atoms with E-state index in [1.54, 1.807) is 24.5 Å². The van der Waals surface area contributed by atoms with Gasteiger partial charge in [-0.25, -0.2) is 0 Å². The van der Waals surface area contributed by atoms with E-state index in [9.17, 15) is 4.79 Å². The van der Waals surface area contributed by atoms with E-state index < -0.39 is 6.04 Å². The maximum atomic E-state index is 11.6. The molecule has 1 atom stereocenters. The summed E-state index contributed by atoms with van der Waals surface area (Å²) in [4.78, 5) is 13.2. The summed E-state index contributed by atoms with van der Waals surface area (Å²) in [7, 11) is 1.74. The van der Waals surface area contributed by atoms with Gasteiger partial charge in [0, 0.05) is 19.2 Å². The molecule has 14 heavy (non-hydrogen) atoms. The molecule has 1 amide bonds. The van der Waals surface area contributed by atoms with Gasteiger partial charge in [0.1, 0.15) is 0 Å². The standard InChI is InChI=1S/C10H16N2O2/c1-3-9(11)10(13)12(2)6-8-4-5-14-7-8/h4-5,7,9H,3,6,11H2,1-2H3/t9-/m0/s1. The van der Waals surface area contributed by atoms with Crippen molar-refractivity contribution in [3.63, 3.8) is 0 Å². The first-order valence-corrected chi connectivity index (χ1v) is 4.66. The molecule has 4 heteroatoms. The first-order chi connectivity index (χ1) is 6.65. The van der Waals surface area contributed by atoms with Crippen LogP contribution in [-0.2, 0) is 11.3 Å². The molecule has 0 bridgehead atoms. The summed E-state index contributed by atoms with van der Waals surface area (Å²) in [5, 5.41) is 0. The van der Waals surface area contributed by atoms with E-state index in [0.29, 0.717) is 13.0 Å². The number of carbonyl (C=O) groups is 1. The number of nitrogens with zero attached hydrogens (tertiary/aromatic N) is 1. The molecule has 0 saturated heterocycles. The highest BCUT2D eigenvalue weighted by Gasteiger charge is 2.16. The fraction of sp³-hybridized carbons (Fsp3) is 0.500. The molecule has 0 aromatic carbocycles. The molecule has 0 aliphatic rings. The van der Waals surface area contributed by atoms with Crippen molar-refractivity contribution in [1.29, 1.82) is 0 Å². The molecule has 0 aliphatic carbocycles. The lowest BCUT2D eigenvalue weighted by Crippen LogP contribution is -2.40. The minimum Gasteiger partial charge on any atom is -0.472 e. The van der Waals surface area contributed by atoms with Crippen molar-refractivity contribution in [2.75, 3.05) is 7.05 Å². The van der Waals surface area contributed by atoms with Gasteiger partial charge in [0.05, 0.1) is 18.6 Å². The van der Waals surface area contributed by atoms with E-state index in [4.69, 9.17) is 10.2 Å². The predicted octanol–water partition coefficient (Wildman–Crippen LogP) is 0.975. The van der Waals surface area contributed by atoms with Crippen molar-refractivity contribution < 1.29 is 9.21 Å². The summed E-state index contributed by atoms with van der Waals surface area (Å²) in [6, 6.07) is 1.44. The van der Waals surface area contributed by atoms with Crippen molar-refractivity contribution in [2.45, 2.75) is 25.9 Å². The van der Waals surface area contributed by atoms with Gasteiger partial charge in [0.25, 0.3) is 0 Å². The number of carbonyl (C=O) groups excluding carboxylic acids is 1. The Morgan fingerprint density at radius 3 is 2.93 bits per heavy atom. The minimum atomic E-state index is -0.396. The van der Waals surface area contributed by atoms with E-state index in [2.05, 4.69) is 0 Å². The van der Waals surface area contributed by atoms with Crippen LogP contribution in [0.5, 0.6) is 0 Å². The Labute approximate surface area is 83.7 Å². The quantitative estimate of drug-likeness (QED) is 0.780. The summed E-state index contributed by atoms with van der Waals surface area (Å²) in [5.41, 5.74) is 6.61. The smallest absolute Gasteiger partial charge is 0.239 e. The lowest BCUT2D eigenvalue weighted by atomic mass is 10.2. The molecule has 0 unspecified atom stereocenters. The molecule has 1 aromatic heterocycles. The van der Waals surface area contributed by atoms with E-state index in [1.807, 2.05) is 13.0 Å². The fourth-order valence-electron chi connectivity index (χ4n) is 1.19. The van der Waals surface area contributed by atoms with Gasteiger partial charge in [-0.2, -0.15) is 0 Å². The van der Waals surface area contributed by atoms with Crippen molar-refractivity contribution in [2.24, 2.45) is 5.73 Å². The van der Waals surface area contributed by atoms with Crippen molar-refractivity contribution in [3.05, 3.63) is 24.2 Å². The SMILES string of the molecule is CC[C@H](N)C(=O)N(C)Cc1ccoc1. The molecule has 0 spiro atoms. The van der Waals surface area contributed by atoms with Crippen LogP contribution in [-0.4, -0.2) is 23.9 Å². The Hall–Kier alpha value is -1.29. The first kappa shape index (κ1) is 10.8. The number of furan rings is 1. The molecule has 1 rings (SSSR count). The molecule has 2 N–H and O–H groups in total. The summed E-state index contributed by atoms with van der Waals surface area (Å²) in [6.07, 6.45) is 3.88. The number of amides is 1. The largest absolute Gasteiger partial charge is 0.472 e. The van der Waals surface area contributed by atoms with Crippen LogP contribution in [0.1, 0.15) is 18.9 Å². The Bertz CT molecular complexity index is 282. The Morgan fingerprint density at radius 2 is 2.43 bits per heavy atom. The van der Waals surface area contributed by atoms with Crippen LogP contribution < -0.4 is 5.73 Å². The van der Waals surface area contributed by atoms with Gasteiger partial charge in [-0.3, -0.25) is 4.79 Å². The zero-order valence-corrected chi connectivity index (χ0v) is 8.56. The van der Waals surface area contributed by atoms with Crippen molar-refractivity contribution in [1.82, 2.24) is 4.90 Å². The number of likely N-dealkylation sites (N-methyl/N-ethyl adjacent to an activating group) is 1. The molecule has 4 nitrogen and oxygen atoms in total. The Balaban J connectivity index is 2.50. The second-order valence-corrected chi connectivity index (χ2v) is 3.34. The topological polar surface area (TPSA) is 59.5 Å². The van der Waals surface area contributed by atoms with Gasteiger partial charge < -0.3 is 15.1 Å². The van der Waals surface area contributed by atoms with Crippen LogP contribution in [0.3, 0.4) is 0 Å². The maximum Gasteiger partial charge on any atom is 0.239 e. The van der Waals surface area contributed by atoms with Crippen LogP contribution in [0.15, 0.2) is 23.0 Å². The maximum absolute atomic E-state index is 11.6. The lowest BCUT2D eigenvalue weighted by molar-refractivity contribution is -0.131. The molecule has 0 fully saturated rings. The zero-order chi connectivity index (χ0) is 10.6. The van der Waals surface area contributed by atoms with Gasteiger partial charge in [-0.05, 0) is 12.5 Å². The van der Waals surface area contributed by atoms with E-state index in [0.717, 1.165) is 5.56 Å². The molecule has 0 saturated carbocycles. The molecule has 1 aromatic rings. The molecular weight excluding hydrogens is 180 g/mol. The highest BCUT2D eigenvalue weighted by molar-refractivity contribution is 5.81. The Kier molecular flexibility index (Phi) is 3.71. The van der Waals surface area contributed by atoms with Crippen LogP contribution in [0, 0.1) is 0 Å². The van der Waals surface area contributed by atoms with Gasteiger partial charge in [0.15, 0.2) is 0 Å². The highest BCUT2D eigenvalue weighted by atomic mass is 16.3. The Morgan fingerprint density at radius 1 is 1.71 bits per heavy atom. The van der Waals surface area contributed by atoms with Crippen molar-refractivity contribution >= 4 is 5.91 Å². The third-order valence-corrected chi connectivity index (χ3v) is 2.13. The summed E-state index contributed by atoms with van der Waals surface area (Å²) >= 11 is 0.